The molecule has 0 radical (unpaired) electrons. The molecule has 0 aliphatic heterocycles. The van der Waals surface area contributed by atoms with E-state index in [1.807, 2.05) is 18.2 Å². The molecule has 1 amide bonds. The van der Waals surface area contributed by atoms with Gasteiger partial charge in [-0.2, -0.15) is 0 Å². The average Bonchev–Trinajstić information content (AvgIpc) is 2.33. The van der Waals surface area contributed by atoms with Gasteiger partial charge in [0.25, 0.3) is 5.91 Å². The molecule has 1 aromatic carbocycles. The van der Waals surface area contributed by atoms with Crippen molar-refractivity contribution in [1.82, 2.24) is 5.32 Å². The molecule has 0 saturated carbocycles. The lowest BCUT2D eigenvalue weighted by Gasteiger charge is -2.08. The molecule has 1 rings (SSSR count). The zero-order chi connectivity index (χ0) is 13.4. The first kappa shape index (κ1) is 15.2. The molecular weight excluding hydrogens is 294 g/mol. The highest BCUT2D eigenvalue weighted by atomic mass is 79.9. The summed E-state index contributed by atoms with van der Waals surface area (Å²) in [6.45, 7) is 6.34. The molecule has 0 saturated heterocycles. The lowest BCUT2D eigenvalue weighted by molar-refractivity contribution is 0.0924. The molecule has 3 nitrogen and oxygen atoms in total. The third kappa shape index (κ3) is 5.65. The number of benzene rings is 1. The summed E-state index contributed by atoms with van der Waals surface area (Å²) in [4.78, 5) is 11.8. The summed E-state index contributed by atoms with van der Waals surface area (Å²) in [5.74, 6) is 0.506. The first-order chi connectivity index (χ1) is 8.61. The normalized spacial score (nSPS) is 10.7. The quantitative estimate of drug-likeness (QED) is 0.785. The fraction of sp³-hybridized carbons (Fsp3) is 0.500. The fourth-order valence-corrected chi connectivity index (χ4v) is 1.90. The van der Waals surface area contributed by atoms with E-state index in [2.05, 4.69) is 35.1 Å². The van der Waals surface area contributed by atoms with E-state index in [1.54, 1.807) is 6.07 Å². The van der Waals surface area contributed by atoms with E-state index in [0.717, 1.165) is 17.5 Å². The molecule has 0 heterocycles. The Kier molecular flexibility index (Phi) is 6.98. The molecule has 1 aromatic rings. The number of halogens is 1. The molecule has 0 aliphatic rings. The van der Waals surface area contributed by atoms with Crippen LogP contribution in [0.25, 0.3) is 0 Å². The predicted octanol–water partition coefficient (Wildman–Crippen LogP) is 3.24. The molecule has 0 aliphatic carbocycles. The van der Waals surface area contributed by atoms with E-state index < -0.39 is 0 Å². The first-order valence-corrected chi connectivity index (χ1v) is 7.01. The van der Waals surface area contributed by atoms with Gasteiger partial charge in [0.2, 0.25) is 0 Å². The molecular formula is C14H20BrNO2. The Balaban J connectivity index is 2.20. The van der Waals surface area contributed by atoms with Gasteiger partial charge < -0.3 is 10.1 Å². The van der Waals surface area contributed by atoms with Gasteiger partial charge in [-0.3, -0.25) is 4.79 Å². The Bertz CT molecular complexity index is 380. The Hall–Kier alpha value is -0.870. The lowest BCUT2D eigenvalue weighted by Crippen LogP contribution is -2.25. The maximum Gasteiger partial charge on any atom is 0.252 e. The van der Waals surface area contributed by atoms with Crippen LogP contribution in [0.3, 0.4) is 0 Å². The monoisotopic (exact) mass is 313 g/mol. The lowest BCUT2D eigenvalue weighted by atomic mass is 10.2. The van der Waals surface area contributed by atoms with Crippen LogP contribution in [0.15, 0.2) is 28.7 Å². The van der Waals surface area contributed by atoms with Gasteiger partial charge >= 0.3 is 0 Å². The summed E-state index contributed by atoms with van der Waals surface area (Å²) >= 11 is 3.36. The van der Waals surface area contributed by atoms with Crippen LogP contribution in [0.4, 0.5) is 0 Å². The van der Waals surface area contributed by atoms with Gasteiger partial charge in [0.05, 0.1) is 5.56 Å². The van der Waals surface area contributed by atoms with Crippen LogP contribution in [0.2, 0.25) is 0 Å². The Morgan fingerprint density at radius 1 is 1.39 bits per heavy atom. The second kappa shape index (κ2) is 8.27. The average molecular weight is 314 g/mol. The molecule has 0 bridgehead atoms. The molecule has 0 aromatic heterocycles. The van der Waals surface area contributed by atoms with Crippen molar-refractivity contribution in [2.45, 2.75) is 20.3 Å². The van der Waals surface area contributed by atoms with Gasteiger partial charge in [0, 0.05) is 24.2 Å². The highest BCUT2D eigenvalue weighted by Crippen LogP contribution is 2.15. The summed E-state index contributed by atoms with van der Waals surface area (Å²) in [7, 11) is 0. The van der Waals surface area contributed by atoms with Crippen LogP contribution in [-0.4, -0.2) is 25.7 Å². The van der Waals surface area contributed by atoms with E-state index >= 15 is 0 Å². The molecule has 100 valence electrons. The second-order valence-corrected chi connectivity index (χ2v) is 5.41. The van der Waals surface area contributed by atoms with Crippen molar-refractivity contribution in [3.63, 3.8) is 0 Å². The summed E-state index contributed by atoms with van der Waals surface area (Å²) in [6.07, 6.45) is 0.836. The Morgan fingerprint density at radius 2 is 2.11 bits per heavy atom. The maximum atomic E-state index is 11.8. The Morgan fingerprint density at radius 3 is 2.78 bits per heavy atom. The topological polar surface area (TPSA) is 38.3 Å². The number of carbonyl (C=O) groups excluding carboxylic acids is 1. The van der Waals surface area contributed by atoms with Gasteiger partial charge in [-0.15, -0.1) is 0 Å². The standard InChI is InChI=1S/C14H20BrNO2/c1-11(2)10-18-9-5-8-16-14(17)12-6-3-4-7-13(12)15/h3-4,6-7,11H,5,8-10H2,1-2H3,(H,16,17). The van der Waals surface area contributed by atoms with Crippen LogP contribution in [0.1, 0.15) is 30.6 Å². The fourth-order valence-electron chi connectivity index (χ4n) is 1.44. The highest BCUT2D eigenvalue weighted by molar-refractivity contribution is 9.10. The minimum atomic E-state index is -0.0497. The van der Waals surface area contributed by atoms with Gasteiger partial charge in [-0.1, -0.05) is 26.0 Å². The molecule has 0 spiro atoms. The highest BCUT2D eigenvalue weighted by Gasteiger charge is 2.07. The van der Waals surface area contributed by atoms with Crippen LogP contribution >= 0.6 is 15.9 Å². The minimum Gasteiger partial charge on any atom is -0.381 e. The number of nitrogens with one attached hydrogen (secondary N) is 1. The molecule has 0 fully saturated rings. The van der Waals surface area contributed by atoms with Crippen molar-refractivity contribution in [2.24, 2.45) is 5.92 Å². The van der Waals surface area contributed by atoms with Gasteiger partial charge in [0.15, 0.2) is 0 Å². The number of hydrogen-bond acceptors (Lipinski definition) is 2. The number of hydrogen-bond donors (Lipinski definition) is 1. The first-order valence-electron chi connectivity index (χ1n) is 6.21. The molecule has 1 N–H and O–H groups in total. The number of carbonyl (C=O) groups is 1. The summed E-state index contributed by atoms with van der Waals surface area (Å²) in [5.41, 5.74) is 0.667. The smallest absolute Gasteiger partial charge is 0.252 e. The number of rotatable bonds is 7. The zero-order valence-corrected chi connectivity index (χ0v) is 12.5. The van der Waals surface area contributed by atoms with Crippen molar-refractivity contribution in [2.75, 3.05) is 19.8 Å². The predicted molar refractivity (Wildman–Crippen MR) is 76.7 cm³/mol. The summed E-state index contributed by atoms with van der Waals surface area (Å²) in [5, 5.41) is 2.88. The molecule has 0 unspecified atom stereocenters. The third-order valence-electron chi connectivity index (χ3n) is 2.32. The van der Waals surface area contributed by atoms with Crippen molar-refractivity contribution in [3.05, 3.63) is 34.3 Å². The van der Waals surface area contributed by atoms with E-state index in [1.165, 1.54) is 0 Å². The molecule has 0 atom stereocenters. The van der Waals surface area contributed by atoms with Crippen molar-refractivity contribution >= 4 is 21.8 Å². The van der Waals surface area contributed by atoms with E-state index in [0.29, 0.717) is 24.6 Å². The van der Waals surface area contributed by atoms with Crippen LogP contribution in [0, 0.1) is 5.92 Å². The van der Waals surface area contributed by atoms with E-state index in [-0.39, 0.29) is 5.91 Å². The largest absolute Gasteiger partial charge is 0.381 e. The van der Waals surface area contributed by atoms with Crippen LogP contribution < -0.4 is 5.32 Å². The number of ether oxygens (including phenoxy) is 1. The molecule has 4 heteroatoms. The van der Waals surface area contributed by atoms with E-state index in [9.17, 15) is 4.79 Å². The van der Waals surface area contributed by atoms with Gasteiger partial charge in [0.1, 0.15) is 0 Å². The Labute approximate surface area is 117 Å². The van der Waals surface area contributed by atoms with Gasteiger partial charge in [-0.25, -0.2) is 0 Å². The van der Waals surface area contributed by atoms with Crippen LogP contribution in [0.5, 0.6) is 0 Å². The van der Waals surface area contributed by atoms with Crippen LogP contribution in [-0.2, 0) is 4.74 Å². The number of amides is 1. The maximum absolute atomic E-state index is 11.8. The van der Waals surface area contributed by atoms with Crippen molar-refractivity contribution < 1.29 is 9.53 Å². The van der Waals surface area contributed by atoms with E-state index in [4.69, 9.17) is 4.74 Å². The van der Waals surface area contributed by atoms with Gasteiger partial charge in [-0.05, 0) is 40.4 Å². The minimum absolute atomic E-state index is 0.0497. The summed E-state index contributed by atoms with van der Waals surface area (Å²) < 4.78 is 6.26. The SMILES string of the molecule is CC(C)COCCCNC(=O)c1ccccc1Br. The van der Waals surface area contributed by atoms with Crippen molar-refractivity contribution in [1.29, 1.82) is 0 Å². The zero-order valence-electron chi connectivity index (χ0n) is 10.9. The third-order valence-corrected chi connectivity index (χ3v) is 3.01. The van der Waals surface area contributed by atoms with Crippen molar-refractivity contribution in [3.8, 4) is 0 Å². The second-order valence-electron chi connectivity index (χ2n) is 4.56. The summed E-state index contributed by atoms with van der Waals surface area (Å²) in [6, 6.07) is 7.40. The molecule has 18 heavy (non-hydrogen) atoms.